The van der Waals surface area contributed by atoms with E-state index in [-0.39, 0.29) is 30.7 Å². The van der Waals surface area contributed by atoms with Crippen LogP contribution in [0.2, 0.25) is 0 Å². The zero-order valence-electron chi connectivity index (χ0n) is 9.93. The summed E-state index contributed by atoms with van der Waals surface area (Å²) in [6.45, 7) is 3.78. The molecule has 0 saturated carbocycles. The Kier molecular flexibility index (Phi) is 4.46. The van der Waals surface area contributed by atoms with Gasteiger partial charge in [-0.2, -0.15) is 5.26 Å². The van der Waals surface area contributed by atoms with Crippen LogP contribution in [-0.4, -0.2) is 22.8 Å². The Bertz CT molecular complexity index is 455. The molecule has 0 atom stereocenters. The fourth-order valence-corrected chi connectivity index (χ4v) is 1.38. The van der Waals surface area contributed by atoms with Crippen LogP contribution in [0, 0.1) is 17.2 Å². The van der Waals surface area contributed by atoms with E-state index < -0.39 is 0 Å². The largest absolute Gasteiger partial charge is 0.344 e. The molecule has 0 aromatic carbocycles. The van der Waals surface area contributed by atoms with E-state index in [0.29, 0.717) is 5.56 Å². The lowest BCUT2D eigenvalue weighted by Crippen LogP contribution is -2.27. The third-order valence-corrected chi connectivity index (χ3v) is 2.25. The van der Waals surface area contributed by atoms with Gasteiger partial charge in [0.2, 0.25) is 5.91 Å². The topological polar surface area (TPSA) is 74.9 Å². The quantitative estimate of drug-likeness (QED) is 0.608. The number of hydrogen-bond donors (Lipinski definition) is 1. The first-order valence-corrected chi connectivity index (χ1v) is 5.38. The monoisotopic (exact) mass is 233 g/mol. The van der Waals surface area contributed by atoms with E-state index >= 15 is 0 Å². The second kappa shape index (κ2) is 5.85. The Hall–Kier alpha value is -2.09. The molecule has 5 nitrogen and oxygen atoms in total. The Morgan fingerprint density at radius 2 is 2.24 bits per heavy atom. The van der Waals surface area contributed by atoms with Gasteiger partial charge in [0.1, 0.15) is 13.1 Å². The summed E-state index contributed by atoms with van der Waals surface area (Å²) >= 11 is 0. The molecule has 1 aromatic heterocycles. The minimum Gasteiger partial charge on any atom is -0.344 e. The Morgan fingerprint density at radius 3 is 2.82 bits per heavy atom. The van der Waals surface area contributed by atoms with Crippen molar-refractivity contribution in [1.29, 1.82) is 5.26 Å². The first-order valence-electron chi connectivity index (χ1n) is 5.38. The minimum atomic E-state index is -0.245. The van der Waals surface area contributed by atoms with Gasteiger partial charge < -0.3 is 9.88 Å². The number of nitrogens with zero attached hydrogens (tertiary/aromatic N) is 2. The average molecular weight is 233 g/mol. The standard InChI is InChI=1S/C12H15N3O2/c1-9(2)12(17)10-3-6-15(7-10)8-11(16)14-5-4-13/h3,6-7,9H,5,8H2,1-2H3,(H,14,16). The van der Waals surface area contributed by atoms with Gasteiger partial charge in [0.15, 0.2) is 5.78 Å². The summed E-state index contributed by atoms with van der Waals surface area (Å²) in [6.07, 6.45) is 3.33. The summed E-state index contributed by atoms with van der Waals surface area (Å²) in [5, 5.41) is 10.7. The number of carbonyl (C=O) groups is 2. The second-order valence-electron chi connectivity index (χ2n) is 4.03. The van der Waals surface area contributed by atoms with Crippen molar-refractivity contribution in [2.75, 3.05) is 6.54 Å². The van der Waals surface area contributed by atoms with Crippen molar-refractivity contribution >= 4 is 11.7 Å². The number of hydrogen-bond acceptors (Lipinski definition) is 3. The van der Waals surface area contributed by atoms with E-state index in [2.05, 4.69) is 5.32 Å². The molecule has 0 aliphatic heterocycles. The van der Waals surface area contributed by atoms with Crippen LogP contribution in [0.1, 0.15) is 24.2 Å². The minimum absolute atomic E-state index is 0.00210. The molecule has 0 aliphatic carbocycles. The number of nitrogens with one attached hydrogen (secondary N) is 1. The number of amides is 1. The van der Waals surface area contributed by atoms with E-state index in [1.54, 1.807) is 23.0 Å². The molecular formula is C12H15N3O2. The van der Waals surface area contributed by atoms with Crippen molar-refractivity contribution in [2.24, 2.45) is 5.92 Å². The molecule has 0 unspecified atom stereocenters. The van der Waals surface area contributed by atoms with Crippen LogP contribution >= 0.6 is 0 Å². The maximum atomic E-state index is 11.7. The van der Waals surface area contributed by atoms with Crippen molar-refractivity contribution in [3.8, 4) is 6.07 Å². The van der Waals surface area contributed by atoms with Gasteiger partial charge in [-0.3, -0.25) is 9.59 Å². The third kappa shape index (κ3) is 3.76. The van der Waals surface area contributed by atoms with Crippen LogP contribution < -0.4 is 5.32 Å². The van der Waals surface area contributed by atoms with Gasteiger partial charge in [-0.1, -0.05) is 13.8 Å². The lowest BCUT2D eigenvalue weighted by molar-refractivity contribution is -0.121. The normalized spacial score (nSPS) is 10.0. The van der Waals surface area contributed by atoms with Crippen LogP contribution in [0.3, 0.4) is 0 Å². The van der Waals surface area contributed by atoms with Gasteiger partial charge >= 0.3 is 0 Å². The molecule has 90 valence electrons. The molecule has 1 aromatic rings. The lowest BCUT2D eigenvalue weighted by Gasteiger charge is -2.02. The summed E-state index contributed by atoms with van der Waals surface area (Å²) in [5.74, 6) is -0.245. The molecule has 0 spiro atoms. The number of ketones is 1. The molecule has 0 radical (unpaired) electrons. The fraction of sp³-hybridized carbons (Fsp3) is 0.417. The summed E-state index contributed by atoms with van der Waals surface area (Å²) < 4.78 is 1.63. The van der Waals surface area contributed by atoms with Crippen LogP contribution in [0.4, 0.5) is 0 Å². The molecule has 1 amide bonds. The molecule has 0 aliphatic rings. The number of nitriles is 1. The summed E-state index contributed by atoms with van der Waals surface area (Å²) in [5.41, 5.74) is 0.605. The van der Waals surface area contributed by atoms with Crippen molar-refractivity contribution in [3.05, 3.63) is 24.0 Å². The molecule has 1 N–H and O–H groups in total. The van der Waals surface area contributed by atoms with Gasteiger partial charge in [-0.25, -0.2) is 0 Å². The van der Waals surface area contributed by atoms with Gasteiger partial charge in [0.25, 0.3) is 0 Å². The zero-order valence-corrected chi connectivity index (χ0v) is 9.93. The fourth-order valence-electron chi connectivity index (χ4n) is 1.38. The van der Waals surface area contributed by atoms with Crippen molar-refractivity contribution in [3.63, 3.8) is 0 Å². The van der Waals surface area contributed by atoms with E-state index in [0.717, 1.165) is 0 Å². The zero-order chi connectivity index (χ0) is 12.8. The van der Waals surface area contributed by atoms with E-state index in [4.69, 9.17) is 5.26 Å². The first-order chi connectivity index (χ1) is 8.04. The number of aromatic nitrogens is 1. The Balaban J connectivity index is 2.60. The van der Waals surface area contributed by atoms with E-state index in [1.807, 2.05) is 19.9 Å². The summed E-state index contributed by atoms with van der Waals surface area (Å²) in [7, 11) is 0. The summed E-state index contributed by atoms with van der Waals surface area (Å²) in [6, 6.07) is 3.52. The highest BCUT2D eigenvalue weighted by Gasteiger charge is 2.12. The van der Waals surface area contributed by atoms with Gasteiger partial charge in [0.05, 0.1) is 6.07 Å². The highest BCUT2D eigenvalue weighted by Crippen LogP contribution is 2.08. The second-order valence-corrected chi connectivity index (χ2v) is 4.03. The average Bonchev–Trinajstić information content (AvgIpc) is 2.73. The van der Waals surface area contributed by atoms with Crippen LogP contribution in [0.5, 0.6) is 0 Å². The maximum absolute atomic E-state index is 11.7. The number of carbonyl (C=O) groups excluding carboxylic acids is 2. The van der Waals surface area contributed by atoms with Crippen molar-refractivity contribution in [2.45, 2.75) is 20.4 Å². The Labute approximate surface area is 100 Å². The predicted molar refractivity (Wildman–Crippen MR) is 62.2 cm³/mol. The molecule has 17 heavy (non-hydrogen) atoms. The molecule has 1 rings (SSSR count). The molecular weight excluding hydrogens is 218 g/mol. The number of Topliss-reactive ketones (excluding diaryl/α,β-unsaturated/α-hetero) is 1. The smallest absolute Gasteiger partial charge is 0.240 e. The molecule has 0 saturated heterocycles. The Morgan fingerprint density at radius 1 is 1.53 bits per heavy atom. The van der Waals surface area contributed by atoms with Crippen molar-refractivity contribution < 1.29 is 9.59 Å². The SMILES string of the molecule is CC(C)C(=O)c1ccn(CC(=O)NCC#N)c1. The first kappa shape index (κ1) is 13.0. The van der Waals surface area contributed by atoms with Gasteiger partial charge in [0, 0.05) is 23.9 Å². The van der Waals surface area contributed by atoms with Crippen LogP contribution in [0.25, 0.3) is 0 Å². The highest BCUT2D eigenvalue weighted by atomic mass is 16.2. The van der Waals surface area contributed by atoms with E-state index in [9.17, 15) is 9.59 Å². The van der Waals surface area contributed by atoms with Crippen LogP contribution in [-0.2, 0) is 11.3 Å². The molecule has 0 bridgehead atoms. The highest BCUT2D eigenvalue weighted by molar-refractivity contribution is 5.97. The van der Waals surface area contributed by atoms with Crippen LogP contribution in [0.15, 0.2) is 18.5 Å². The molecule has 5 heteroatoms. The van der Waals surface area contributed by atoms with E-state index in [1.165, 1.54) is 0 Å². The number of rotatable bonds is 5. The third-order valence-electron chi connectivity index (χ3n) is 2.25. The maximum Gasteiger partial charge on any atom is 0.240 e. The molecule has 1 heterocycles. The molecule has 0 fully saturated rings. The van der Waals surface area contributed by atoms with Gasteiger partial charge in [-0.15, -0.1) is 0 Å². The summed E-state index contributed by atoms with van der Waals surface area (Å²) in [4.78, 5) is 23.0. The lowest BCUT2D eigenvalue weighted by atomic mass is 10.0. The predicted octanol–water partition coefficient (Wildman–Crippen LogP) is 0.967. The van der Waals surface area contributed by atoms with Crippen molar-refractivity contribution in [1.82, 2.24) is 9.88 Å². The van der Waals surface area contributed by atoms with Gasteiger partial charge in [-0.05, 0) is 6.07 Å².